The normalized spacial score (nSPS) is 24.5. The Labute approximate surface area is 324 Å². The number of nitrogens with one attached hydrogen (secondary N) is 2. The van der Waals surface area contributed by atoms with E-state index in [-0.39, 0.29) is 47.8 Å². The third-order valence-electron chi connectivity index (χ3n) is 12.4. The van der Waals surface area contributed by atoms with Gasteiger partial charge in [-0.3, -0.25) is 39.1 Å². The number of halogens is 1. The van der Waals surface area contributed by atoms with E-state index >= 15 is 0 Å². The molecule has 0 radical (unpaired) electrons. The number of likely N-dealkylation sites (tertiary alicyclic amines) is 1. The molecule has 3 fully saturated rings. The molecule has 0 unspecified atom stereocenters. The van der Waals surface area contributed by atoms with Crippen molar-refractivity contribution in [3.8, 4) is 11.8 Å². The molecule has 12 nitrogen and oxygen atoms in total. The summed E-state index contributed by atoms with van der Waals surface area (Å²) in [6.45, 7) is 11.2. The molecule has 5 amide bonds. The Morgan fingerprint density at radius 3 is 2.07 bits per heavy atom. The Bertz CT molecular complexity index is 2130. The molecule has 55 heavy (non-hydrogen) atoms. The molecule has 3 aromatic rings. The van der Waals surface area contributed by atoms with Crippen LogP contribution in [0, 0.1) is 22.2 Å². The Balaban J connectivity index is 0.846. The van der Waals surface area contributed by atoms with E-state index in [0.29, 0.717) is 59.2 Å². The molecule has 3 aromatic carbocycles. The number of benzene rings is 3. The van der Waals surface area contributed by atoms with Crippen LogP contribution < -0.4 is 15.4 Å². The first-order valence-electron chi connectivity index (χ1n) is 18.8. The van der Waals surface area contributed by atoms with Gasteiger partial charge in [0.15, 0.2) is 0 Å². The first kappa shape index (κ1) is 36.7. The number of piperidine rings is 2. The van der Waals surface area contributed by atoms with Crippen LogP contribution in [0.3, 0.4) is 0 Å². The van der Waals surface area contributed by atoms with E-state index in [9.17, 15) is 29.2 Å². The van der Waals surface area contributed by atoms with Gasteiger partial charge in [0.25, 0.3) is 17.7 Å². The largest absolute Gasteiger partial charge is 0.489 e. The molecule has 2 N–H and O–H groups in total. The highest BCUT2D eigenvalue weighted by Gasteiger charge is 2.63. The monoisotopic (exact) mass is 762 g/mol. The molecule has 8 rings (SSSR count). The first-order chi connectivity index (χ1) is 26.2. The van der Waals surface area contributed by atoms with Crippen molar-refractivity contribution < 1.29 is 28.7 Å². The van der Waals surface area contributed by atoms with E-state index in [1.807, 2.05) is 29.2 Å². The van der Waals surface area contributed by atoms with Gasteiger partial charge in [-0.1, -0.05) is 39.3 Å². The summed E-state index contributed by atoms with van der Waals surface area (Å²) in [4.78, 5) is 69.6. The van der Waals surface area contributed by atoms with E-state index in [0.717, 1.165) is 34.6 Å². The molecule has 4 heterocycles. The number of hydrogen-bond acceptors (Lipinski definition) is 9. The third-order valence-corrected chi connectivity index (χ3v) is 12.7. The van der Waals surface area contributed by atoms with E-state index in [1.54, 1.807) is 30.3 Å². The molecule has 0 spiro atoms. The Morgan fingerprint density at radius 1 is 0.891 bits per heavy atom. The van der Waals surface area contributed by atoms with Crippen molar-refractivity contribution in [2.75, 3.05) is 18.4 Å². The number of carbonyl (C=O) groups excluding carboxylic acids is 5. The number of nitrogens with zero attached hydrogens (tertiary/aromatic N) is 4. The average molecular weight is 763 g/mol. The number of ether oxygens (including phenoxy) is 1. The summed E-state index contributed by atoms with van der Waals surface area (Å²) in [6.07, 6.45) is 1.72. The highest BCUT2D eigenvalue weighted by atomic mass is 35.5. The van der Waals surface area contributed by atoms with E-state index in [1.165, 1.54) is 0 Å². The predicted molar refractivity (Wildman–Crippen MR) is 203 cm³/mol. The molecule has 1 saturated carbocycles. The lowest BCUT2D eigenvalue weighted by molar-refractivity contribution is -0.147. The van der Waals surface area contributed by atoms with Gasteiger partial charge in [-0.15, -0.1) is 0 Å². The van der Waals surface area contributed by atoms with Gasteiger partial charge in [-0.2, -0.15) is 5.26 Å². The Morgan fingerprint density at radius 2 is 1.51 bits per heavy atom. The maximum atomic E-state index is 13.6. The van der Waals surface area contributed by atoms with E-state index in [2.05, 4.69) is 49.3 Å². The van der Waals surface area contributed by atoms with Crippen molar-refractivity contribution in [1.82, 2.24) is 20.0 Å². The number of rotatable bonds is 7. The Hall–Kier alpha value is -5.25. The third kappa shape index (κ3) is 6.23. The lowest BCUT2D eigenvalue weighted by atomic mass is 9.49. The van der Waals surface area contributed by atoms with Crippen LogP contribution in [0.1, 0.15) is 101 Å². The fraction of sp³-hybridized carbons (Fsp3) is 0.429. The molecule has 2 saturated heterocycles. The van der Waals surface area contributed by atoms with Gasteiger partial charge in [-0.25, -0.2) is 0 Å². The predicted octanol–water partition coefficient (Wildman–Crippen LogP) is 5.53. The summed E-state index contributed by atoms with van der Waals surface area (Å²) < 4.78 is 6.42. The molecule has 0 bridgehead atoms. The summed E-state index contributed by atoms with van der Waals surface area (Å²) >= 11 is 6.26. The van der Waals surface area contributed by atoms with Gasteiger partial charge in [0, 0.05) is 72.8 Å². The van der Waals surface area contributed by atoms with Crippen molar-refractivity contribution in [2.24, 2.45) is 10.8 Å². The number of fused-ring (bicyclic) bond motifs is 2. The zero-order chi connectivity index (χ0) is 39.0. The quantitative estimate of drug-likeness (QED) is 0.296. The molecule has 1 atom stereocenters. The number of nitriles is 1. The number of imide groups is 2. The van der Waals surface area contributed by atoms with Gasteiger partial charge in [0.05, 0.1) is 21.7 Å². The second-order valence-corrected chi connectivity index (χ2v) is 17.0. The van der Waals surface area contributed by atoms with E-state index < -0.39 is 29.7 Å². The van der Waals surface area contributed by atoms with Crippen LogP contribution in [0.2, 0.25) is 5.02 Å². The SMILES string of the molecule is CC1(C)[C@H](Nc2ccc(C(=O)N3CCC(N4Cc5cc6c(cc5C4)C(=O)N([C@@H]4CCC(=O)NC4=O)C6=O)CC3)cc2)C(C)(C)[C@H]1Oc1ccc(C#N)c(Cl)c1. The lowest BCUT2D eigenvalue weighted by Crippen LogP contribution is -2.72. The smallest absolute Gasteiger partial charge is 0.262 e. The highest BCUT2D eigenvalue weighted by Crippen LogP contribution is 2.56. The van der Waals surface area contributed by atoms with Crippen LogP contribution in [0.15, 0.2) is 54.6 Å². The fourth-order valence-electron chi connectivity index (χ4n) is 9.74. The zero-order valence-corrected chi connectivity index (χ0v) is 32.0. The summed E-state index contributed by atoms with van der Waals surface area (Å²) in [5, 5.41) is 15.5. The molecular weight excluding hydrogens is 720 g/mol. The van der Waals surface area contributed by atoms with Crippen LogP contribution in [-0.4, -0.2) is 81.6 Å². The van der Waals surface area contributed by atoms with Crippen molar-refractivity contribution in [2.45, 2.75) is 90.7 Å². The molecule has 1 aliphatic carbocycles. The maximum Gasteiger partial charge on any atom is 0.262 e. The second-order valence-electron chi connectivity index (χ2n) is 16.6. The average Bonchev–Trinajstić information content (AvgIpc) is 3.69. The topological polar surface area (TPSA) is 152 Å². The van der Waals surface area contributed by atoms with Gasteiger partial charge in [0.2, 0.25) is 11.8 Å². The first-order valence-corrected chi connectivity index (χ1v) is 19.2. The lowest BCUT2D eigenvalue weighted by Gasteiger charge is -2.63. The van der Waals surface area contributed by atoms with Crippen LogP contribution in [0.25, 0.3) is 0 Å². The van der Waals surface area contributed by atoms with Crippen molar-refractivity contribution >= 4 is 46.8 Å². The Kier molecular flexibility index (Phi) is 9.01. The van der Waals surface area contributed by atoms with Crippen LogP contribution >= 0.6 is 11.6 Å². The van der Waals surface area contributed by atoms with E-state index in [4.69, 9.17) is 16.3 Å². The summed E-state index contributed by atoms with van der Waals surface area (Å²) in [7, 11) is 0. The number of amides is 5. The number of hydrogen-bond donors (Lipinski definition) is 2. The molecular formula is C42H43ClN6O6. The summed E-state index contributed by atoms with van der Waals surface area (Å²) in [5.74, 6) is -1.37. The van der Waals surface area contributed by atoms with Crippen LogP contribution in [0.5, 0.6) is 5.75 Å². The number of anilines is 1. The molecule has 0 aromatic heterocycles. The highest BCUT2D eigenvalue weighted by molar-refractivity contribution is 6.31. The standard InChI is InChI=1S/C42H43ClN6O6/c1-41(2)39(42(3,4)40(41)55-29-10-7-24(20-44)32(43)19-29)45-27-8-5-23(6-9-27)36(52)47-15-13-28(14-16-47)48-21-25-17-30-31(18-26(25)22-48)38(54)49(37(30)53)33-11-12-34(50)46-35(33)51/h5-10,17-19,28,33,39-40,45H,11-16,21-22H2,1-4H3,(H,46,50,51)/t33-,39-,40-/m1/s1. The van der Waals surface area contributed by atoms with Gasteiger partial charge in [-0.05, 0) is 78.9 Å². The van der Waals surface area contributed by atoms with Crippen LogP contribution in [0.4, 0.5) is 5.69 Å². The van der Waals surface area contributed by atoms with Gasteiger partial charge < -0.3 is 15.0 Å². The number of carbonyl (C=O) groups is 5. The molecule has 13 heteroatoms. The maximum absolute atomic E-state index is 13.6. The van der Waals surface area contributed by atoms with Crippen molar-refractivity contribution in [3.05, 3.63) is 93.0 Å². The molecule has 284 valence electrons. The van der Waals surface area contributed by atoms with Crippen LogP contribution in [-0.2, 0) is 22.7 Å². The molecule has 4 aliphatic heterocycles. The summed E-state index contributed by atoms with van der Waals surface area (Å²) in [5.41, 5.74) is 4.11. The molecule has 5 aliphatic rings. The van der Waals surface area contributed by atoms with Gasteiger partial charge in [0.1, 0.15) is 24.0 Å². The fourth-order valence-corrected chi connectivity index (χ4v) is 9.95. The van der Waals surface area contributed by atoms with Gasteiger partial charge >= 0.3 is 0 Å². The minimum absolute atomic E-state index is 0.00238. The van der Waals surface area contributed by atoms with Crippen molar-refractivity contribution in [3.63, 3.8) is 0 Å². The second kappa shape index (κ2) is 13.5. The van der Waals surface area contributed by atoms with Crippen molar-refractivity contribution in [1.29, 1.82) is 5.26 Å². The summed E-state index contributed by atoms with van der Waals surface area (Å²) in [6, 6.07) is 17.8. The zero-order valence-electron chi connectivity index (χ0n) is 31.3. The minimum Gasteiger partial charge on any atom is -0.489 e. The minimum atomic E-state index is -0.983.